The van der Waals surface area contributed by atoms with Gasteiger partial charge in [-0.15, -0.1) is 0 Å². The van der Waals surface area contributed by atoms with Gasteiger partial charge in [-0.05, 0) is 48.5 Å². The van der Waals surface area contributed by atoms with Crippen LogP contribution in [0, 0.1) is 0 Å². The highest BCUT2D eigenvalue weighted by molar-refractivity contribution is 6.62. The summed E-state index contributed by atoms with van der Waals surface area (Å²) in [4.78, 5) is 52.2. The number of hydrogen-bond acceptors (Lipinski definition) is 8. The normalized spacial score (nSPS) is 10.6. The summed E-state index contributed by atoms with van der Waals surface area (Å²) in [5, 5.41) is 0. The second-order valence-electron chi connectivity index (χ2n) is 7.52. The molecule has 0 aromatic heterocycles. The van der Waals surface area contributed by atoms with E-state index in [9.17, 15) is 19.2 Å². The Balaban J connectivity index is 1.75. The molecular weight excluding hydrogens is 492 g/mol. The lowest BCUT2D eigenvalue weighted by molar-refractivity contribution is -0.00328. The summed E-state index contributed by atoms with van der Waals surface area (Å²) >= 11 is 0. The van der Waals surface area contributed by atoms with Crippen molar-refractivity contribution in [2.75, 3.05) is 0 Å². The zero-order valence-electron chi connectivity index (χ0n) is 19.3. The molecule has 0 saturated heterocycles. The summed E-state index contributed by atoms with van der Waals surface area (Å²) in [6.07, 6.45) is 0. The van der Waals surface area contributed by atoms with Gasteiger partial charge in [0.1, 0.15) is 0 Å². The lowest BCUT2D eigenvalue weighted by Crippen LogP contribution is -2.54. The molecule has 0 fully saturated rings. The first-order valence-electron chi connectivity index (χ1n) is 11.1. The predicted octanol–water partition coefficient (Wildman–Crippen LogP) is 4.85. The molecule has 0 N–H and O–H groups in total. The highest BCUT2D eigenvalue weighted by atomic mass is 28.4. The van der Waals surface area contributed by atoms with Crippen LogP contribution < -0.4 is 0 Å². The Bertz CT molecular complexity index is 1160. The molecule has 0 heterocycles. The molecule has 4 rings (SSSR count). The second kappa shape index (κ2) is 11.6. The number of hydrogen-bond donors (Lipinski definition) is 0. The molecule has 0 unspecified atom stereocenters. The maximum Gasteiger partial charge on any atom is 0.975 e. The van der Waals surface area contributed by atoms with Crippen LogP contribution in [0.3, 0.4) is 0 Å². The third kappa shape index (κ3) is 6.56. The van der Waals surface area contributed by atoms with E-state index in [4.69, 9.17) is 17.7 Å². The van der Waals surface area contributed by atoms with Gasteiger partial charge >= 0.3 is 32.9 Å². The van der Waals surface area contributed by atoms with Gasteiger partial charge in [-0.1, -0.05) is 72.8 Å². The summed E-state index contributed by atoms with van der Waals surface area (Å²) in [6.45, 7) is 0. The molecule has 0 bridgehead atoms. The van der Waals surface area contributed by atoms with Crippen molar-refractivity contribution in [1.29, 1.82) is 0 Å². The first-order valence-corrected chi connectivity index (χ1v) is 12.7. The Labute approximate surface area is 213 Å². The van der Waals surface area contributed by atoms with Crippen molar-refractivity contribution in [3.8, 4) is 0 Å². The van der Waals surface area contributed by atoms with Crippen LogP contribution >= 0.6 is 0 Å². The van der Waals surface area contributed by atoms with Crippen molar-refractivity contribution in [2.24, 2.45) is 0 Å². The summed E-state index contributed by atoms with van der Waals surface area (Å²) in [7, 11) is -5.18. The van der Waals surface area contributed by atoms with E-state index in [1.807, 2.05) is 0 Å². The van der Waals surface area contributed by atoms with Crippen molar-refractivity contribution in [3.63, 3.8) is 0 Å². The summed E-state index contributed by atoms with van der Waals surface area (Å²) in [5.74, 6) is -4.07. The molecule has 8 nitrogen and oxygen atoms in total. The Morgan fingerprint density at radius 1 is 0.351 bits per heavy atom. The van der Waals surface area contributed by atoms with Gasteiger partial charge in [-0.2, -0.15) is 0 Å². The van der Waals surface area contributed by atoms with Gasteiger partial charge in [0.05, 0.1) is 22.3 Å². The van der Waals surface area contributed by atoms with Crippen molar-refractivity contribution >= 4 is 32.9 Å². The fraction of sp³-hybridized carbons (Fsp3) is 0. The summed E-state index contributed by atoms with van der Waals surface area (Å²) in [6, 6.07) is 31.0. The molecular formula is C28H20O8Si. The van der Waals surface area contributed by atoms with Crippen LogP contribution in [0.2, 0.25) is 0 Å². The maximum absolute atomic E-state index is 13.1. The monoisotopic (exact) mass is 512 g/mol. The van der Waals surface area contributed by atoms with E-state index in [2.05, 4.69) is 0 Å². The van der Waals surface area contributed by atoms with Gasteiger partial charge in [0.2, 0.25) is 0 Å². The zero-order valence-corrected chi connectivity index (χ0v) is 20.3. The Morgan fingerprint density at radius 3 is 0.730 bits per heavy atom. The number of carbonyl (C=O) groups is 4. The summed E-state index contributed by atoms with van der Waals surface area (Å²) in [5.41, 5.74) is 0.228. The van der Waals surface area contributed by atoms with Gasteiger partial charge in [0.15, 0.2) is 0 Å². The smallest absolute Gasteiger partial charge is 0.419 e. The lowest BCUT2D eigenvalue weighted by atomic mass is 10.2. The molecule has 0 spiro atoms. The van der Waals surface area contributed by atoms with Gasteiger partial charge in [0.25, 0.3) is 0 Å². The van der Waals surface area contributed by atoms with Gasteiger partial charge in [-0.25, -0.2) is 19.2 Å². The SMILES string of the molecule is O=C(O[Si](OC(=O)c1ccccc1)(OC(=O)c1ccccc1)OC(=O)c1ccccc1)c1ccccc1. The Morgan fingerprint density at radius 2 is 0.541 bits per heavy atom. The number of benzene rings is 4. The zero-order chi connectivity index (χ0) is 26.1. The van der Waals surface area contributed by atoms with E-state index in [0.29, 0.717) is 0 Å². The van der Waals surface area contributed by atoms with E-state index < -0.39 is 32.9 Å². The van der Waals surface area contributed by atoms with Crippen LogP contribution in [0.4, 0.5) is 0 Å². The molecule has 0 atom stereocenters. The first-order chi connectivity index (χ1) is 18.0. The topological polar surface area (TPSA) is 105 Å². The van der Waals surface area contributed by atoms with E-state index in [-0.39, 0.29) is 22.3 Å². The van der Waals surface area contributed by atoms with E-state index in [1.165, 1.54) is 48.5 Å². The Hall–Kier alpha value is -5.02. The Kier molecular flexibility index (Phi) is 7.87. The van der Waals surface area contributed by atoms with Gasteiger partial charge in [-0.3, -0.25) is 0 Å². The van der Waals surface area contributed by atoms with Gasteiger partial charge < -0.3 is 17.7 Å². The third-order valence-electron chi connectivity index (χ3n) is 4.91. The van der Waals surface area contributed by atoms with E-state index >= 15 is 0 Å². The van der Waals surface area contributed by atoms with Crippen molar-refractivity contribution in [1.82, 2.24) is 0 Å². The van der Waals surface area contributed by atoms with Crippen LogP contribution in [0.15, 0.2) is 121 Å². The molecule has 0 aliphatic heterocycles. The molecule has 0 aliphatic carbocycles. The minimum atomic E-state index is -5.18. The minimum Gasteiger partial charge on any atom is -0.419 e. The molecule has 9 heteroatoms. The van der Waals surface area contributed by atoms with Crippen LogP contribution in [-0.2, 0) is 17.7 Å². The largest absolute Gasteiger partial charge is 0.975 e. The molecule has 0 aliphatic rings. The van der Waals surface area contributed by atoms with E-state index in [0.717, 1.165) is 0 Å². The van der Waals surface area contributed by atoms with Crippen LogP contribution in [0.5, 0.6) is 0 Å². The first kappa shape index (κ1) is 25.1. The molecule has 4 aromatic rings. The third-order valence-corrected chi connectivity index (χ3v) is 6.65. The minimum absolute atomic E-state index is 0.0571. The highest BCUT2D eigenvalue weighted by Crippen LogP contribution is 2.22. The number of carbonyl (C=O) groups excluding carboxylic acids is 4. The standard InChI is InChI=1S/C28H20O8Si/c29-25(21-13-5-1-6-14-21)33-37(34-26(30)22-15-7-2-8-16-22,35-27(31)23-17-9-3-10-18-23)36-28(32)24-19-11-4-12-20-24/h1-20H. The van der Waals surface area contributed by atoms with Crippen LogP contribution in [0.25, 0.3) is 0 Å². The molecule has 184 valence electrons. The molecule has 0 radical (unpaired) electrons. The van der Waals surface area contributed by atoms with Crippen molar-refractivity contribution in [2.45, 2.75) is 0 Å². The summed E-state index contributed by atoms with van der Waals surface area (Å²) < 4.78 is 21.9. The second-order valence-corrected chi connectivity index (χ2v) is 9.34. The van der Waals surface area contributed by atoms with E-state index in [1.54, 1.807) is 72.8 Å². The van der Waals surface area contributed by atoms with Crippen molar-refractivity contribution in [3.05, 3.63) is 144 Å². The quantitative estimate of drug-likeness (QED) is 0.309. The average molecular weight is 513 g/mol. The van der Waals surface area contributed by atoms with Crippen molar-refractivity contribution < 1.29 is 36.9 Å². The molecule has 37 heavy (non-hydrogen) atoms. The average Bonchev–Trinajstić information content (AvgIpc) is 2.94. The predicted molar refractivity (Wildman–Crippen MR) is 133 cm³/mol. The van der Waals surface area contributed by atoms with Gasteiger partial charge in [0, 0.05) is 0 Å². The molecule has 4 aromatic carbocycles. The number of rotatable bonds is 8. The molecule has 0 amide bonds. The fourth-order valence-corrected chi connectivity index (χ4v) is 4.74. The highest BCUT2D eigenvalue weighted by Gasteiger charge is 2.63. The lowest BCUT2D eigenvalue weighted by Gasteiger charge is -2.25. The maximum atomic E-state index is 13.1. The van der Waals surface area contributed by atoms with Crippen LogP contribution in [-0.4, -0.2) is 32.9 Å². The van der Waals surface area contributed by atoms with Crippen LogP contribution in [0.1, 0.15) is 41.4 Å². The fourth-order valence-electron chi connectivity index (χ4n) is 3.11. The molecule has 0 saturated carbocycles.